The van der Waals surface area contributed by atoms with Crippen molar-refractivity contribution in [2.24, 2.45) is 11.8 Å². The van der Waals surface area contributed by atoms with Crippen LogP contribution in [0, 0.1) is 25.7 Å². The summed E-state index contributed by atoms with van der Waals surface area (Å²) in [5.41, 5.74) is 3.28. The quantitative estimate of drug-likeness (QED) is 0.672. The highest BCUT2D eigenvalue weighted by atomic mass is 19.3. The van der Waals surface area contributed by atoms with Gasteiger partial charge in [0.25, 0.3) is 5.92 Å². The molecule has 8 heteroatoms. The van der Waals surface area contributed by atoms with E-state index in [0.29, 0.717) is 37.4 Å². The van der Waals surface area contributed by atoms with E-state index >= 15 is 0 Å². The highest BCUT2D eigenvalue weighted by Gasteiger charge is 2.42. The van der Waals surface area contributed by atoms with Crippen LogP contribution in [0.1, 0.15) is 36.5 Å². The summed E-state index contributed by atoms with van der Waals surface area (Å²) < 4.78 is 40.6. The van der Waals surface area contributed by atoms with Crippen LogP contribution in [0.2, 0.25) is 0 Å². The van der Waals surface area contributed by atoms with Gasteiger partial charge in [0.1, 0.15) is 0 Å². The second kappa shape index (κ2) is 9.47. The molecule has 2 saturated heterocycles. The van der Waals surface area contributed by atoms with Gasteiger partial charge in [-0.25, -0.2) is 8.78 Å². The SMILES string of the molecule is Cc1ccc(C)c(-c2cc(C(C)(F)F)c(NC3C[C@@H]4CN(C[C@@H]5COCCO5)C[C@@H]4C3)nn2)c1. The summed E-state index contributed by atoms with van der Waals surface area (Å²) in [5, 5.41) is 11.9. The average Bonchev–Trinajstić information content (AvgIpc) is 3.33. The number of nitrogens with one attached hydrogen (secondary N) is 1. The van der Waals surface area contributed by atoms with Crippen LogP contribution in [0.25, 0.3) is 11.3 Å². The van der Waals surface area contributed by atoms with Gasteiger partial charge in [-0.1, -0.05) is 17.7 Å². The van der Waals surface area contributed by atoms with Gasteiger partial charge in [-0.15, -0.1) is 10.2 Å². The molecule has 0 bridgehead atoms. The van der Waals surface area contributed by atoms with Crippen LogP contribution in [0.4, 0.5) is 14.6 Å². The molecule has 1 aliphatic carbocycles. The zero-order valence-electron chi connectivity index (χ0n) is 20.2. The number of ether oxygens (including phenoxy) is 2. The second-order valence-corrected chi connectivity index (χ2v) is 10.3. The first-order valence-corrected chi connectivity index (χ1v) is 12.3. The van der Waals surface area contributed by atoms with E-state index in [-0.39, 0.29) is 23.5 Å². The van der Waals surface area contributed by atoms with E-state index in [1.54, 1.807) is 0 Å². The lowest BCUT2D eigenvalue weighted by Crippen LogP contribution is -2.39. The first kappa shape index (κ1) is 23.6. The maximum Gasteiger partial charge on any atom is 0.274 e. The fraction of sp³-hybridized carbons (Fsp3) is 0.615. The zero-order chi connectivity index (χ0) is 23.9. The molecule has 1 unspecified atom stereocenters. The Morgan fingerprint density at radius 1 is 1.09 bits per heavy atom. The molecule has 6 nitrogen and oxygen atoms in total. The lowest BCUT2D eigenvalue weighted by atomic mass is 10.0. The fourth-order valence-electron chi connectivity index (χ4n) is 5.76. The topological polar surface area (TPSA) is 59.5 Å². The zero-order valence-corrected chi connectivity index (χ0v) is 20.2. The molecule has 4 atom stereocenters. The first-order valence-electron chi connectivity index (χ1n) is 12.3. The Balaban J connectivity index is 1.26. The average molecular weight is 473 g/mol. The number of fused-ring (bicyclic) bond motifs is 1. The second-order valence-electron chi connectivity index (χ2n) is 10.3. The highest BCUT2D eigenvalue weighted by molar-refractivity contribution is 5.66. The maximum atomic E-state index is 14.6. The predicted molar refractivity (Wildman–Crippen MR) is 127 cm³/mol. The van der Waals surface area contributed by atoms with Crippen molar-refractivity contribution < 1.29 is 18.3 Å². The van der Waals surface area contributed by atoms with Gasteiger partial charge in [0, 0.05) is 38.2 Å². The standard InChI is InChI=1S/C26H34F2N4O2/c1-16-4-5-17(2)22(8-16)24-11-23(26(3,27)28)25(31-30-24)29-20-9-18-12-32(13-19(18)10-20)14-21-15-33-6-7-34-21/h4-5,8,11,18-21H,6-7,9-10,12-15H2,1-3H3,(H,29,31)/t18-,19+,20?,21-/m1/s1. The number of benzene rings is 1. The Bertz CT molecular complexity index is 1010. The lowest BCUT2D eigenvalue weighted by molar-refractivity contribution is -0.0964. The van der Waals surface area contributed by atoms with Crippen LogP contribution in [0.15, 0.2) is 24.3 Å². The number of aryl methyl sites for hydroxylation is 2. The number of rotatable bonds is 6. The molecule has 5 rings (SSSR count). The summed E-state index contributed by atoms with van der Waals surface area (Å²) in [6, 6.07) is 7.59. The molecule has 34 heavy (non-hydrogen) atoms. The number of nitrogens with zero attached hydrogens (tertiary/aromatic N) is 3. The van der Waals surface area contributed by atoms with E-state index in [4.69, 9.17) is 9.47 Å². The molecule has 1 aromatic carbocycles. The van der Waals surface area contributed by atoms with E-state index in [2.05, 4.69) is 20.4 Å². The molecular weight excluding hydrogens is 438 g/mol. The molecule has 0 spiro atoms. The largest absolute Gasteiger partial charge is 0.376 e. The van der Waals surface area contributed by atoms with Crippen molar-refractivity contribution >= 4 is 5.82 Å². The number of anilines is 1. The molecule has 2 aliphatic heterocycles. The number of aromatic nitrogens is 2. The molecule has 3 fully saturated rings. The number of likely N-dealkylation sites (tertiary alicyclic amines) is 1. The summed E-state index contributed by atoms with van der Waals surface area (Å²) in [5.74, 6) is -1.68. The Kier molecular flexibility index (Phi) is 6.57. The van der Waals surface area contributed by atoms with Gasteiger partial charge >= 0.3 is 0 Å². The highest BCUT2D eigenvalue weighted by Crippen LogP contribution is 2.41. The van der Waals surface area contributed by atoms with Crippen molar-refractivity contribution in [3.05, 3.63) is 41.0 Å². The van der Waals surface area contributed by atoms with Gasteiger partial charge in [0.05, 0.1) is 37.2 Å². The van der Waals surface area contributed by atoms with Crippen LogP contribution in [-0.4, -0.2) is 66.7 Å². The number of hydrogen-bond donors (Lipinski definition) is 1. The molecule has 3 heterocycles. The van der Waals surface area contributed by atoms with Crippen LogP contribution in [0.5, 0.6) is 0 Å². The summed E-state index contributed by atoms with van der Waals surface area (Å²) in [7, 11) is 0. The van der Waals surface area contributed by atoms with Crippen LogP contribution in [-0.2, 0) is 15.4 Å². The van der Waals surface area contributed by atoms with Gasteiger partial charge in [-0.2, -0.15) is 0 Å². The van der Waals surface area contributed by atoms with Crippen molar-refractivity contribution in [3.8, 4) is 11.3 Å². The molecule has 0 radical (unpaired) electrons. The predicted octanol–water partition coefficient (Wildman–Crippen LogP) is 4.41. The number of halogens is 2. The normalized spacial score (nSPS) is 27.7. The third-order valence-corrected chi connectivity index (χ3v) is 7.45. The van der Waals surface area contributed by atoms with Crippen LogP contribution < -0.4 is 5.32 Å². The molecule has 184 valence electrons. The smallest absolute Gasteiger partial charge is 0.274 e. The van der Waals surface area contributed by atoms with E-state index in [1.807, 2.05) is 32.0 Å². The van der Waals surface area contributed by atoms with Gasteiger partial charge in [0.2, 0.25) is 0 Å². The molecule has 3 aliphatic rings. The van der Waals surface area contributed by atoms with Gasteiger partial charge in [0.15, 0.2) is 5.82 Å². The Morgan fingerprint density at radius 2 is 1.85 bits per heavy atom. The van der Waals surface area contributed by atoms with Crippen molar-refractivity contribution in [3.63, 3.8) is 0 Å². The van der Waals surface area contributed by atoms with E-state index in [9.17, 15) is 8.78 Å². The Morgan fingerprint density at radius 3 is 2.53 bits per heavy atom. The van der Waals surface area contributed by atoms with Crippen molar-refractivity contribution in [1.82, 2.24) is 15.1 Å². The van der Waals surface area contributed by atoms with Gasteiger partial charge in [-0.05, 0) is 56.2 Å². The van der Waals surface area contributed by atoms with Crippen molar-refractivity contribution in [2.75, 3.05) is 44.8 Å². The molecular formula is C26H34F2N4O2. The van der Waals surface area contributed by atoms with Crippen LogP contribution >= 0.6 is 0 Å². The number of alkyl halides is 2. The van der Waals surface area contributed by atoms with Crippen LogP contribution in [0.3, 0.4) is 0 Å². The maximum absolute atomic E-state index is 14.6. The molecule has 2 aromatic rings. The van der Waals surface area contributed by atoms with Gasteiger partial charge in [-0.3, -0.25) is 0 Å². The molecule has 1 aromatic heterocycles. The molecule has 1 saturated carbocycles. The minimum atomic E-state index is -3.02. The summed E-state index contributed by atoms with van der Waals surface area (Å²) in [6.07, 6.45) is 2.07. The summed E-state index contributed by atoms with van der Waals surface area (Å²) >= 11 is 0. The van der Waals surface area contributed by atoms with E-state index < -0.39 is 5.92 Å². The number of hydrogen-bond acceptors (Lipinski definition) is 6. The van der Waals surface area contributed by atoms with Gasteiger partial charge < -0.3 is 19.7 Å². The third kappa shape index (κ3) is 5.09. The van der Waals surface area contributed by atoms with Crippen molar-refractivity contribution in [2.45, 2.75) is 51.7 Å². The fourth-order valence-corrected chi connectivity index (χ4v) is 5.76. The third-order valence-electron chi connectivity index (χ3n) is 7.45. The molecule has 1 N–H and O–H groups in total. The van der Waals surface area contributed by atoms with E-state index in [1.165, 1.54) is 6.07 Å². The Hall–Kier alpha value is -2.16. The minimum Gasteiger partial charge on any atom is -0.376 e. The minimum absolute atomic E-state index is 0.0912. The summed E-state index contributed by atoms with van der Waals surface area (Å²) in [4.78, 5) is 2.47. The first-order chi connectivity index (χ1) is 16.3. The summed E-state index contributed by atoms with van der Waals surface area (Å²) in [6.45, 7) is 9.85. The van der Waals surface area contributed by atoms with E-state index in [0.717, 1.165) is 56.1 Å². The monoisotopic (exact) mass is 472 g/mol. The Labute approximate surface area is 200 Å². The molecule has 0 amide bonds. The van der Waals surface area contributed by atoms with Crippen molar-refractivity contribution in [1.29, 1.82) is 0 Å². The lowest BCUT2D eigenvalue weighted by Gasteiger charge is -2.28.